The van der Waals surface area contributed by atoms with Crippen LogP contribution in [0.4, 0.5) is 0 Å². The van der Waals surface area contributed by atoms with Gasteiger partial charge in [0, 0.05) is 5.02 Å². The van der Waals surface area contributed by atoms with Crippen LogP contribution < -0.4 is 16.1 Å². The molecule has 0 aliphatic carbocycles. The molecule has 0 spiro atoms. The number of benzene rings is 2. The number of H-pyrrole nitrogens is 1. The van der Waals surface area contributed by atoms with E-state index in [2.05, 4.69) is 11.7 Å². The summed E-state index contributed by atoms with van der Waals surface area (Å²) < 4.78 is 34.2. The van der Waals surface area contributed by atoms with Crippen molar-refractivity contribution in [3.63, 3.8) is 0 Å². The smallest absolute Gasteiger partial charge is 0.279 e. The van der Waals surface area contributed by atoms with E-state index in [9.17, 15) is 17.8 Å². The quantitative estimate of drug-likeness (QED) is 0.690. The predicted octanol–water partition coefficient (Wildman–Crippen LogP) is 0.962. The number of hydrogen-bond acceptors (Lipinski definition) is 4. The van der Waals surface area contributed by atoms with Gasteiger partial charge in [0.2, 0.25) is 0 Å². The minimum absolute atomic E-state index is 0.349. The minimum atomic E-state index is -4.54. The maximum absolute atomic E-state index is 12.6. The summed E-state index contributed by atoms with van der Waals surface area (Å²) in [7, 11) is -4.54. The summed E-state index contributed by atoms with van der Waals surface area (Å²) in [5, 5.41) is 4.18. The molecule has 0 unspecified atom stereocenters. The molecule has 0 aliphatic rings. The number of hydrogen-bond donors (Lipinski definition) is 1. The maximum atomic E-state index is 12.6. The summed E-state index contributed by atoms with van der Waals surface area (Å²) in [5.74, 6) is 0. The number of rotatable bonds is 3. The van der Waals surface area contributed by atoms with Crippen LogP contribution in [0.15, 0.2) is 58.2 Å². The first-order chi connectivity index (χ1) is 11.8. The first-order valence-electron chi connectivity index (χ1n) is 7.09. The normalized spacial score (nSPS) is 12.5. The van der Waals surface area contributed by atoms with Crippen molar-refractivity contribution >= 4 is 34.4 Å². The lowest BCUT2D eigenvalue weighted by Crippen LogP contribution is -2.33. The van der Waals surface area contributed by atoms with Gasteiger partial charge in [-0.05, 0) is 48.0 Å². The Labute approximate surface area is 148 Å². The maximum Gasteiger partial charge on any atom is 0.279 e. The van der Waals surface area contributed by atoms with E-state index in [1.54, 1.807) is 30.3 Å². The highest BCUT2D eigenvalue weighted by atomic mass is 35.5. The number of nitrogens with one attached hydrogen (secondary N) is 1. The molecular formula is C17H12ClN2O4S-. The molecule has 6 nitrogen and oxygen atoms in total. The third-order valence-electron chi connectivity index (χ3n) is 3.57. The van der Waals surface area contributed by atoms with Crippen LogP contribution in [0.1, 0.15) is 5.56 Å². The van der Waals surface area contributed by atoms with Crippen LogP contribution in [0.2, 0.25) is 5.02 Å². The van der Waals surface area contributed by atoms with Crippen LogP contribution in [0.25, 0.3) is 18.3 Å². The Morgan fingerprint density at radius 2 is 1.68 bits per heavy atom. The van der Waals surface area contributed by atoms with Gasteiger partial charge in [-0.25, -0.2) is 13.1 Å². The van der Waals surface area contributed by atoms with Crippen molar-refractivity contribution in [2.24, 2.45) is 0 Å². The van der Waals surface area contributed by atoms with Crippen LogP contribution in [0.3, 0.4) is 0 Å². The van der Waals surface area contributed by atoms with Crippen LogP contribution >= 0.6 is 11.6 Å². The van der Waals surface area contributed by atoms with Crippen molar-refractivity contribution in [3.05, 3.63) is 80.0 Å². The summed E-state index contributed by atoms with van der Waals surface area (Å²) in [5.41, 5.74) is 0.820. The molecule has 0 amide bonds. The highest BCUT2D eigenvalue weighted by Gasteiger charge is 2.06. The molecule has 1 heterocycles. The highest BCUT2D eigenvalue weighted by Crippen LogP contribution is 2.11. The van der Waals surface area contributed by atoms with Crippen molar-refractivity contribution in [3.8, 4) is 5.69 Å². The molecule has 1 aromatic heterocycles. The van der Waals surface area contributed by atoms with Gasteiger partial charge < -0.3 is 4.55 Å². The Hall–Kier alpha value is -2.61. The van der Waals surface area contributed by atoms with Crippen LogP contribution in [0, 0.1) is 0 Å². The van der Waals surface area contributed by atoms with E-state index < -0.39 is 10.1 Å². The second-order valence-electron chi connectivity index (χ2n) is 5.29. The number of aromatic nitrogens is 2. The molecule has 3 rings (SSSR count). The van der Waals surface area contributed by atoms with Crippen LogP contribution in [0.5, 0.6) is 0 Å². The van der Waals surface area contributed by atoms with Gasteiger partial charge in [-0.2, -0.15) is 0 Å². The zero-order chi connectivity index (χ0) is 18.2. The number of aromatic amines is 1. The van der Waals surface area contributed by atoms with E-state index in [-0.39, 0.29) is 10.5 Å². The standard InChI is InChI=1S/C17H13ClN2O4S/c1-11-16(10-12-2-4-13(18)5-3-12)17(21)20(19-11)14-6-8-15(9-7-14)25(22,23)24/h2-10,19H,1H2,(H,22,23,24)/p-1/b16-10-. The molecular weight excluding hydrogens is 364 g/mol. The Balaban J connectivity index is 2.10. The van der Waals surface area contributed by atoms with Gasteiger partial charge in [0.05, 0.1) is 21.2 Å². The van der Waals surface area contributed by atoms with E-state index in [0.29, 0.717) is 21.3 Å². The third-order valence-corrected chi connectivity index (χ3v) is 4.67. The molecule has 0 fully saturated rings. The van der Waals surface area contributed by atoms with Crippen molar-refractivity contribution in [2.45, 2.75) is 4.90 Å². The highest BCUT2D eigenvalue weighted by molar-refractivity contribution is 7.85. The molecule has 25 heavy (non-hydrogen) atoms. The van der Waals surface area contributed by atoms with E-state index in [0.717, 1.165) is 17.7 Å². The van der Waals surface area contributed by atoms with Crippen molar-refractivity contribution < 1.29 is 13.0 Å². The molecule has 0 radical (unpaired) electrons. The molecule has 0 aliphatic heterocycles. The molecule has 0 bridgehead atoms. The van der Waals surface area contributed by atoms with Crippen LogP contribution in [-0.2, 0) is 10.1 Å². The average Bonchev–Trinajstić information content (AvgIpc) is 2.84. The average molecular weight is 376 g/mol. The molecule has 128 valence electrons. The molecule has 2 aromatic carbocycles. The van der Waals surface area contributed by atoms with Gasteiger partial charge in [-0.1, -0.05) is 30.3 Å². The van der Waals surface area contributed by atoms with Gasteiger partial charge in [0.1, 0.15) is 10.1 Å². The summed E-state index contributed by atoms with van der Waals surface area (Å²) in [4.78, 5) is 12.2. The number of nitrogens with zero attached hydrogens (tertiary/aromatic N) is 1. The largest absolute Gasteiger partial charge is 0.744 e. The summed E-state index contributed by atoms with van der Waals surface area (Å²) in [6.07, 6.45) is 1.67. The zero-order valence-electron chi connectivity index (χ0n) is 12.8. The Bertz CT molecular complexity index is 1190. The summed E-state index contributed by atoms with van der Waals surface area (Å²) in [6.45, 7) is 3.82. The van der Waals surface area contributed by atoms with Crippen molar-refractivity contribution in [1.29, 1.82) is 0 Å². The summed E-state index contributed by atoms with van der Waals surface area (Å²) >= 11 is 5.84. The second-order valence-corrected chi connectivity index (χ2v) is 7.10. The molecule has 1 N–H and O–H groups in total. The molecule has 3 aromatic rings. The Morgan fingerprint density at radius 1 is 1.08 bits per heavy atom. The van der Waals surface area contributed by atoms with Gasteiger partial charge in [-0.3, -0.25) is 9.89 Å². The van der Waals surface area contributed by atoms with Crippen molar-refractivity contribution in [2.75, 3.05) is 0 Å². The van der Waals surface area contributed by atoms with Crippen molar-refractivity contribution in [1.82, 2.24) is 9.78 Å². The summed E-state index contributed by atoms with van der Waals surface area (Å²) in [6, 6.07) is 12.0. The fourth-order valence-corrected chi connectivity index (χ4v) is 2.91. The second kappa shape index (κ2) is 6.36. The van der Waals surface area contributed by atoms with Crippen LogP contribution in [-0.4, -0.2) is 22.8 Å². The van der Waals surface area contributed by atoms with Gasteiger partial charge in [0.25, 0.3) is 5.56 Å². The lowest BCUT2D eigenvalue weighted by molar-refractivity contribution is 0.463. The van der Waals surface area contributed by atoms with E-state index in [4.69, 9.17) is 11.6 Å². The van der Waals surface area contributed by atoms with Gasteiger partial charge in [0.15, 0.2) is 0 Å². The fourth-order valence-electron chi connectivity index (χ4n) is 2.31. The SMILES string of the molecule is C=c1[nH]n(-c2ccc(S(=O)(=O)[O-])cc2)c(=O)/c1=C\c1ccc(Cl)cc1. The van der Waals surface area contributed by atoms with Gasteiger partial charge in [-0.15, -0.1) is 0 Å². The van der Waals surface area contributed by atoms with Gasteiger partial charge >= 0.3 is 0 Å². The molecule has 0 saturated heterocycles. The molecule has 0 atom stereocenters. The molecule has 8 heteroatoms. The monoisotopic (exact) mass is 375 g/mol. The Morgan fingerprint density at radius 3 is 2.24 bits per heavy atom. The van der Waals surface area contributed by atoms with E-state index in [1.165, 1.54) is 16.8 Å². The first-order valence-corrected chi connectivity index (χ1v) is 8.88. The third kappa shape index (κ3) is 3.58. The zero-order valence-corrected chi connectivity index (χ0v) is 14.3. The number of halogens is 1. The topological polar surface area (TPSA) is 95.0 Å². The van der Waals surface area contributed by atoms with E-state index >= 15 is 0 Å². The lowest BCUT2D eigenvalue weighted by Gasteiger charge is -2.07. The predicted molar refractivity (Wildman–Crippen MR) is 94.1 cm³/mol. The first kappa shape index (κ1) is 17.2. The lowest BCUT2D eigenvalue weighted by atomic mass is 10.2. The van der Waals surface area contributed by atoms with E-state index in [1.807, 2.05) is 0 Å². The Kier molecular flexibility index (Phi) is 4.38. The molecule has 0 saturated carbocycles. The minimum Gasteiger partial charge on any atom is -0.744 e. The fraction of sp³-hybridized carbons (Fsp3) is 0.